The second-order valence-electron chi connectivity index (χ2n) is 5.80. The van der Waals surface area contributed by atoms with Gasteiger partial charge in [0.15, 0.2) is 17.3 Å². The van der Waals surface area contributed by atoms with E-state index in [1.54, 1.807) is 13.0 Å². The maximum absolute atomic E-state index is 12.4. The average Bonchev–Trinajstić information content (AvgIpc) is 3.04. The Hall–Kier alpha value is -3.81. The van der Waals surface area contributed by atoms with Crippen LogP contribution < -0.4 is 20.0 Å². The Bertz CT molecular complexity index is 1080. The van der Waals surface area contributed by atoms with Crippen LogP contribution in [0.15, 0.2) is 45.9 Å². The van der Waals surface area contributed by atoms with E-state index in [9.17, 15) is 14.7 Å². The van der Waals surface area contributed by atoms with Crippen LogP contribution in [0.25, 0.3) is 11.0 Å². The molecule has 8 nitrogen and oxygen atoms in total. The lowest BCUT2D eigenvalue weighted by Crippen LogP contribution is -2.25. The minimum atomic E-state index is -1.46. The molecule has 0 aliphatic carbocycles. The minimum Gasteiger partial charge on any atom is -0.545 e. The lowest BCUT2D eigenvalue weighted by atomic mass is 10.1. The van der Waals surface area contributed by atoms with Gasteiger partial charge in [0.2, 0.25) is 0 Å². The zero-order valence-electron chi connectivity index (χ0n) is 15.4. The summed E-state index contributed by atoms with van der Waals surface area (Å²) in [6.45, 7) is 1.77. The van der Waals surface area contributed by atoms with Gasteiger partial charge in [-0.25, -0.2) is 5.43 Å². The highest BCUT2D eigenvalue weighted by Gasteiger charge is 2.18. The standard InChI is InChI=1S/C20H18N2O6/c1-11-13-6-4-5-7-14(13)28-17(11)19(23)22-21-10-12-8-9-15(26-2)18(27-3)16(12)20(24)25/h4-10H,1-3H3,(H,22,23)(H,24,25)/p-1/b21-10-. The molecule has 0 aliphatic heterocycles. The predicted octanol–water partition coefficient (Wildman–Crippen LogP) is 1.89. The molecule has 2 aromatic carbocycles. The van der Waals surface area contributed by atoms with Crippen molar-refractivity contribution in [3.8, 4) is 11.5 Å². The van der Waals surface area contributed by atoms with E-state index < -0.39 is 11.9 Å². The van der Waals surface area contributed by atoms with Crippen LogP contribution in [0.3, 0.4) is 0 Å². The van der Waals surface area contributed by atoms with Crippen LogP contribution in [0, 0.1) is 6.92 Å². The number of fused-ring (bicyclic) bond motifs is 1. The fraction of sp³-hybridized carbons (Fsp3) is 0.150. The van der Waals surface area contributed by atoms with Crippen molar-refractivity contribution >= 4 is 29.1 Å². The van der Waals surface area contributed by atoms with Crippen LogP contribution >= 0.6 is 0 Å². The first-order chi connectivity index (χ1) is 13.5. The third kappa shape index (κ3) is 3.39. The van der Waals surface area contributed by atoms with Gasteiger partial charge in [-0.05, 0) is 25.1 Å². The molecule has 1 aromatic heterocycles. The van der Waals surface area contributed by atoms with Gasteiger partial charge in [-0.15, -0.1) is 0 Å². The summed E-state index contributed by atoms with van der Waals surface area (Å²) in [4.78, 5) is 23.9. The second kappa shape index (κ2) is 7.83. The van der Waals surface area contributed by atoms with Crippen LogP contribution in [0.2, 0.25) is 0 Å². The molecule has 0 saturated carbocycles. The summed E-state index contributed by atoms with van der Waals surface area (Å²) in [5.74, 6) is -1.64. The Labute approximate surface area is 160 Å². The molecule has 3 rings (SSSR count). The van der Waals surface area contributed by atoms with Crippen molar-refractivity contribution in [2.75, 3.05) is 14.2 Å². The van der Waals surface area contributed by atoms with Gasteiger partial charge >= 0.3 is 5.91 Å². The molecule has 0 saturated heterocycles. The van der Waals surface area contributed by atoms with Gasteiger partial charge in [0.25, 0.3) is 0 Å². The number of carbonyl (C=O) groups excluding carboxylic acids is 2. The van der Waals surface area contributed by atoms with Crippen molar-refractivity contribution in [2.24, 2.45) is 5.10 Å². The molecule has 28 heavy (non-hydrogen) atoms. The smallest absolute Gasteiger partial charge is 0.307 e. The van der Waals surface area contributed by atoms with E-state index in [1.165, 1.54) is 32.6 Å². The Morgan fingerprint density at radius 1 is 1.14 bits per heavy atom. The van der Waals surface area contributed by atoms with E-state index in [4.69, 9.17) is 13.9 Å². The SMILES string of the molecule is COc1ccc(/C=N\NC(=O)c2oc3ccccc3c2C)c(C(=O)[O-])c1OC. The molecule has 0 aliphatic rings. The number of rotatable bonds is 6. The van der Waals surface area contributed by atoms with Gasteiger partial charge in [0.1, 0.15) is 5.58 Å². The normalized spacial score (nSPS) is 11.0. The van der Waals surface area contributed by atoms with Crippen molar-refractivity contribution in [2.45, 2.75) is 6.92 Å². The van der Waals surface area contributed by atoms with Gasteiger partial charge < -0.3 is 23.8 Å². The topological polar surface area (TPSA) is 113 Å². The number of benzene rings is 2. The Morgan fingerprint density at radius 3 is 2.54 bits per heavy atom. The molecule has 144 valence electrons. The highest BCUT2D eigenvalue weighted by Crippen LogP contribution is 2.32. The first-order valence-corrected chi connectivity index (χ1v) is 8.25. The molecule has 0 bridgehead atoms. The summed E-state index contributed by atoms with van der Waals surface area (Å²) < 4.78 is 15.8. The molecule has 0 spiro atoms. The van der Waals surface area contributed by atoms with Gasteiger partial charge in [0.05, 0.1) is 32.0 Å². The number of amides is 1. The molecule has 0 unspecified atom stereocenters. The van der Waals surface area contributed by atoms with Crippen LogP contribution in [0.5, 0.6) is 11.5 Å². The van der Waals surface area contributed by atoms with E-state index in [1.807, 2.05) is 18.2 Å². The number of hydrazone groups is 1. The maximum Gasteiger partial charge on any atom is 0.307 e. The number of carboxylic acid groups (broad SMARTS) is 1. The number of para-hydroxylation sites is 1. The summed E-state index contributed by atoms with van der Waals surface area (Å²) in [5.41, 5.74) is 3.55. The summed E-state index contributed by atoms with van der Waals surface area (Å²) in [6, 6.07) is 10.3. The molecule has 3 aromatic rings. The van der Waals surface area contributed by atoms with Crippen molar-refractivity contribution in [3.63, 3.8) is 0 Å². The molecular weight excluding hydrogens is 364 g/mol. The van der Waals surface area contributed by atoms with Crippen molar-refractivity contribution in [1.29, 1.82) is 0 Å². The van der Waals surface area contributed by atoms with E-state index in [0.29, 0.717) is 11.1 Å². The zero-order valence-corrected chi connectivity index (χ0v) is 15.4. The molecule has 1 N–H and O–H groups in total. The zero-order chi connectivity index (χ0) is 20.3. The lowest BCUT2D eigenvalue weighted by molar-refractivity contribution is -0.255. The predicted molar refractivity (Wildman–Crippen MR) is 99.9 cm³/mol. The average molecular weight is 381 g/mol. The minimum absolute atomic E-state index is 0.00547. The molecule has 8 heteroatoms. The number of carbonyl (C=O) groups is 2. The Morgan fingerprint density at radius 2 is 1.89 bits per heavy atom. The number of aromatic carboxylic acids is 1. The highest BCUT2D eigenvalue weighted by atomic mass is 16.5. The molecule has 1 heterocycles. The number of nitrogens with zero attached hydrogens (tertiary/aromatic N) is 1. The van der Waals surface area contributed by atoms with Crippen LogP contribution in [-0.4, -0.2) is 32.3 Å². The maximum atomic E-state index is 12.4. The molecule has 1 amide bonds. The van der Waals surface area contributed by atoms with Gasteiger partial charge in [-0.2, -0.15) is 5.10 Å². The van der Waals surface area contributed by atoms with E-state index in [0.717, 1.165) is 5.39 Å². The first-order valence-electron chi connectivity index (χ1n) is 8.25. The number of methoxy groups -OCH3 is 2. The molecule has 0 radical (unpaired) electrons. The van der Waals surface area contributed by atoms with Gasteiger partial charge in [0, 0.05) is 16.5 Å². The van der Waals surface area contributed by atoms with Crippen molar-refractivity contribution < 1.29 is 28.6 Å². The largest absolute Gasteiger partial charge is 0.545 e. The summed E-state index contributed by atoms with van der Waals surface area (Å²) in [5, 5.41) is 16.2. The number of nitrogens with one attached hydrogen (secondary N) is 1. The van der Waals surface area contributed by atoms with Crippen LogP contribution in [0.4, 0.5) is 0 Å². The van der Waals surface area contributed by atoms with Crippen molar-refractivity contribution in [3.05, 3.63) is 58.8 Å². The van der Waals surface area contributed by atoms with Crippen LogP contribution in [0.1, 0.15) is 32.0 Å². The van der Waals surface area contributed by atoms with Gasteiger partial charge in [-0.1, -0.05) is 18.2 Å². The summed E-state index contributed by atoms with van der Waals surface area (Å²) in [7, 11) is 2.71. The molecular formula is C20H17N2O6-. The number of aryl methyl sites for hydroxylation is 1. The van der Waals surface area contributed by atoms with E-state index in [2.05, 4.69) is 10.5 Å². The monoisotopic (exact) mass is 381 g/mol. The second-order valence-corrected chi connectivity index (χ2v) is 5.80. The van der Waals surface area contributed by atoms with E-state index >= 15 is 0 Å². The Kier molecular flexibility index (Phi) is 5.30. The highest BCUT2D eigenvalue weighted by molar-refractivity contribution is 6.02. The third-order valence-corrected chi connectivity index (χ3v) is 4.20. The number of furan rings is 1. The summed E-state index contributed by atoms with van der Waals surface area (Å²) in [6.07, 6.45) is 1.18. The van der Waals surface area contributed by atoms with Gasteiger partial charge in [-0.3, -0.25) is 4.79 Å². The number of ether oxygens (including phenoxy) is 2. The van der Waals surface area contributed by atoms with Crippen LogP contribution in [-0.2, 0) is 0 Å². The number of hydrogen-bond donors (Lipinski definition) is 1. The fourth-order valence-corrected chi connectivity index (χ4v) is 2.86. The number of carboxylic acids is 1. The Balaban J connectivity index is 1.87. The fourth-order valence-electron chi connectivity index (χ4n) is 2.86. The number of hydrogen-bond acceptors (Lipinski definition) is 7. The van der Waals surface area contributed by atoms with E-state index in [-0.39, 0.29) is 28.4 Å². The quantitative estimate of drug-likeness (QED) is 0.515. The molecule has 0 fully saturated rings. The third-order valence-electron chi connectivity index (χ3n) is 4.20. The van der Waals surface area contributed by atoms with Crippen molar-refractivity contribution in [1.82, 2.24) is 5.43 Å². The lowest BCUT2D eigenvalue weighted by Gasteiger charge is -2.15. The molecule has 0 atom stereocenters. The summed E-state index contributed by atoms with van der Waals surface area (Å²) >= 11 is 0. The first kappa shape index (κ1) is 19.0.